The summed E-state index contributed by atoms with van der Waals surface area (Å²) in [4.78, 5) is 26.1. The molecule has 1 saturated heterocycles. The van der Waals surface area contributed by atoms with E-state index >= 15 is 0 Å². The first-order chi connectivity index (χ1) is 8.41. The molecule has 4 heteroatoms. The van der Waals surface area contributed by atoms with Crippen molar-refractivity contribution in [1.29, 1.82) is 0 Å². The predicted octanol–water partition coefficient (Wildman–Crippen LogP) is 1.55. The molecule has 1 aliphatic heterocycles. The highest BCUT2D eigenvalue weighted by molar-refractivity contribution is 5.96. The second-order valence-corrected chi connectivity index (χ2v) is 6.14. The molecule has 2 unspecified atom stereocenters. The van der Waals surface area contributed by atoms with Gasteiger partial charge in [0.05, 0.1) is 0 Å². The molecule has 2 aliphatic rings. The summed E-state index contributed by atoms with van der Waals surface area (Å²) in [5.41, 5.74) is 0.264. The van der Waals surface area contributed by atoms with Gasteiger partial charge in [-0.1, -0.05) is 20.8 Å². The molecular weight excluding hydrogens is 228 g/mol. The molecule has 4 nitrogen and oxygen atoms in total. The van der Waals surface area contributed by atoms with Crippen molar-refractivity contribution in [2.75, 3.05) is 6.54 Å². The van der Waals surface area contributed by atoms with Gasteiger partial charge in [0.15, 0.2) is 0 Å². The van der Waals surface area contributed by atoms with E-state index in [1.165, 1.54) is 12.8 Å². The van der Waals surface area contributed by atoms with E-state index in [4.69, 9.17) is 0 Å². The Hall–Kier alpha value is -1.06. The molecule has 0 aromatic rings. The zero-order valence-corrected chi connectivity index (χ0v) is 11.8. The fourth-order valence-corrected chi connectivity index (χ4v) is 2.93. The van der Waals surface area contributed by atoms with Gasteiger partial charge in [-0.25, -0.2) is 0 Å². The summed E-state index contributed by atoms with van der Waals surface area (Å²) in [5.74, 6) is 0.653. The average Bonchev–Trinajstić information content (AvgIpc) is 3.07. The Morgan fingerprint density at radius 2 is 2.00 bits per heavy atom. The first-order valence-corrected chi connectivity index (χ1v) is 7.02. The monoisotopic (exact) mass is 252 g/mol. The Morgan fingerprint density at radius 3 is 2.44 bits per heavy atom. The van der Waals surface area contributed by atoms with Gasteiger partial charge in [-0.2, -0.15) is 0 Å². The average molecular weight is 252 g/mol. The number of hydrogen-bond acceptors (Lipinski definition) is 2. The van der Waals surface area contributed by atoms with E-state index in [1.807, 2.05) is 11.8 Å². The molecule has 2 atom stereocenters. The maximum absolute atomic E-state index is 12.3. The van der Waals surface area contributed by atoms with Crippen LogP contribution in [-0.4, -0.2) is 35.3 Å². The number of piperazine rings is 1. The third kappa shape index (κ3) is 2.13. The SMILES string of the molecule is CCC1C(=O)NC(C)C(=O)N1CC1(C(C)C)CC1. The molecule has 0 aromatic carbocycles. The number of carbonyl (C=O) groups is 2. The summed E-state index contributed by atoms with van der Waals surface area (Å²) < 4.78 is 0. The summed E-state index contributed by atoms with van der Waals surface area (Å²) in [5, 5.41) is 2.77. The summed E-state index contributed by atoms with van der Waals surface area (Å²) in [6, 6.07) is -0.645. The minimum Gasteiger partial charge on any atom is -0.343 e. The van der Waals surface area contributed by atoms with Gasteiger partial charge in [0.1, 0.15) is 12.1 Å². The maximum Gasteiger partial charge on any atom is 0.245 e. The van der Waals surface area contributed by atoms with Crippen LogP contribution < -0.4 is 5.32 Å². The molecule has 0 aromatic heterocycles. The van der Waals surface area contributed by atoms with Crippen molar-refractivity contribution in [3.8, 4) is 0 Å². The van der Waals surface area contributed by atoms with Crippen LogP contribution in [0, 0.1) is 11.3 Å². The first kappa shape index (κ1) is 13.4. The second-order valence-electron chi connectivity index (χ2n) is 6.14. The van der Waals surface area contributed by atoms with Crippen LogP contribution in [0.25, 0.3) is 0 Å². The van der Waals surface area contributed by atoms with Gasteiger partial charge in [-0.15, -0.1) is 0 Å². The fourth-order valence-electron chi connectivity index (χ4n) is 2.93. The molecule has 1 saturated carbocycles. The molecule has 1 N–H and O–H groups in total. The minimum atomic E-state index is -0.372. The Kier molecular flexibility index (Phi) is 3.39. The summed E-state index contributed by atoms with van der Waals surface area (Å²) in [6.45, 7) is 8.92. The minimum absolute atomic E-state index is 0.00385. The Bertz CT molecular complexity index is 361. The molecule has 2 fully saturated rings. The lowest BCUT2D eigenvalue weighted by molar-refractivity contribution is -0.150. The molecule has 18 heavy (non-hydrogen) atoms. The van der Waals surface area contributed by atoms with E-state index in [0.717, 1.165) is 6.54 Å². The third-order valence-corrected chi connectivity index (χ3v) is 4.68. The molecule has 102 valence electrons. The van der Waals surface area contributed by atoms with Gasteiger partial charge in [-0.05, 0) is 37.5 Å². The fraction of sp³-hybridized carbons (Fsp3) is 0.857. The molecule has 0 spiro atoms. The number of rotatable bonds is 4. The van der Waals surface area contributed by atoms with Gasteiger partial charge < -0.3 is 10.2 Å². The van der Waals surface area contributed by atoms with Crippen molar-refractivity contribution in [3.05, 3.63) is 0 Å². The van der Waals surface area contributed by atoms with E-state index in [1.54, 1.807) is 6.92 Å². The van der Waals surface area contributed by atoms with Crippen molar-refractivity contribution < 1.29 is 9.59 Å². The molecule has 1 heterocycles. The molecular formula is C14H24N2O2. The molecule has 2 amide bonds. The predicted molar refractivity (Wildman–Crippen MR) is 69.9 cm³/mol. The third-order valence-electron chi connectivity index (χ3n) is 4.68. The van der Waals surface area contributed by atoms with Gasteiger partial charge in [0.2, 0.25) is 11.8 Å². The van der Waals surface area contributed by atoms with Gasteiger partial charge in [0, 0.05) is 6.54 Å². The quantitative estimate of drug-likeness (QED) is 0.825. The number of amides is 2. The first-order valence-electron chi connectivity index (χ1n) is 7.02. The van der Waals surface area contributed by atoms with Crippen molar-refractivity contribution in [3.63, 3.8) is 0 Å². The van der Waals surface area contributed by atoms with E-state index in [-0.39, 0.29) is 29.3 Å². The van der Waals surface area contributed by atoms with Gasteiger partial charge in [0.25, 0.3) is 0 Å². The van der Waals surface area contributed by atoms with E-state index in [0.29, 0.717) is 12.3 Å². The summed E-state index contributed by atoms with van der Waals surface area (Å²) >= 11 is 0. The van der Waals surface area contributed by atoms with Crippen LogP contribution >= 0.6 is 0 Å². The van der Waals surface area contributed by atoms with Crippen LogP contribution in [-0.2, 0) is 9.59 Å². The topological polar surface area (TPSA) is 49.4 Å². The lowest BCUT2D eigenvalue weighted by Gasteiger charge is -2.40. The van der Waals surface area contributed by atoms with Crippen LogP contribution in [0.5, 0.6) is 0 Å². The standard InChI is InChI=1S/C14H24N2O2/c1-5-11-12(17)15-10(4)13(18)16(11)8-14(6-7-14)9(2)3/h9-11H,5-8H2,1-4H3,(H,15,17). The molecule has 2 rings (SSSR count). The zero-order chi connectivity index (χ0) is 13.5. The molecule has 0 bridgehead atoms. The largest absolute Gasteiger partial charge is 0.343 e. The van der Waals surface area contributed by atoms with Crippen LogP contribution in [0.3, 0.4) is 0 Å². The highest BCUT2D eigenvalue weighted by Crippen LogP contribution is 2.52. The van der Waals surface area contributed by atoms with Gasteiger partial charge in [-0.3, -0.25) is 9.59 Å². The van der Waals surface area contributed by atoms with E-state index in [9.17, 15) is 9.59 Å². The van der Waals surface area contributed by atoms with E-state index < -0.39 is 0 Å². The van der Waals surface area contributed by atoms with E-state index in [2.05, 4.69) is 19.2 Å². The van der Waals surface area contributed by atoms with Crippen LogP contribution in [0.15, 0.2) is 0 Å². The molecule has 1 aliphatic carbocycles. The van der Waals surface area contributed by atoms with Crippen LogP contribution in [0.1, 0.15) is 47.0 Å². The number of nitrogens with zero attached hydrogens (tertiary/aromatic N) is 1. The smallest absolute Gasteiger partial charge is 0.245 e. The Balaban J connectivity index is 2.16. The lowest BCUT2D eigenvalue weighted by atomic mass is 9.90. The number of hydrogen-bond donors (Lipinski definition) is 1. The second kappa shape index (κ2) is 4.56. The highest BCUT2D eigenvalue weighted by Gasteiger charge is 2.50. The Morgan fingerprint density at radius 1 is 1.39 bits per heavy atom. The van der Waals surface area contributed by atoms with Crippen molar-refractivity contribution in [2.24, 2.45) is 11.3 Å². The molecule has 0 radical (unpaired) electrons. The Labute approximate surface area is 109 Å². The number of carbonyl (C=O) groups excluding carboxylic acids is 2. The number of nitrogens with one attached hydrogen (secondary N) is 1. The van der Waals surface area contributed by atoms with Crippen molar-refractivity contribution in [2.45, 2.75) is 59.0 Å². The summed E-state index contributed by atoms with van der Waals surface area (Å²) in [7, 11) is 0. The maximum atomic E-state index is 12.3. The van der Waals surface area contributed by atoms with Crippen LogP contribution in [0.2, 0.25) is 0 Å². The zero-order valence-electron chi connectivity index (χ0n) is 11.8. The van der Waals surface area contributed by atoms with Crippen molar-refractivity contribution in [1.82, 2.24) is 10.2 Å². The lowest BCUT2D eigenvalue weighted by Crippen LogP contribution is -2.63. The van der Waals surface area contributed by atoms with Crippen LogP contribution in [0.4, 0.5) is 0 Å². The highest BCUT2D eigenvalue weighted by atomic mass is 16.2. The van der Waals surface area contributed by atoms with Crippen molar-refractivity contribution >= 4 is 11.8 Å². The normalized spacial score (nSPS) is 30.6. The van der Waals surface area contributed by atoms with Gasteiger partial charge >= 0.3 is 0 Å². The summed E-state index contributed by atoms with van der Waals surface area (Å²) in [6.07, 6.45) is 3.06.